The maximum absolute atomic E-state index is 13.1. The van der Waals surface area contributed by atoms with Crippen LogP contribution in [0.2, 0.25) is 0 Å². The zero-order valence-corrected chi connectivity index (χ0v) is 15.4. The predicted molar refractivity (Wildman–Crippen MR) is 99.0 cm³/mol. The Bertz CT molecular complexity index is 913. The number of benzene rings is 1. The second kappa shape index (κ2) is 6.95. The molecule has 2 aromatic rings. The Morgan fingerprint density at radius 3 is 2.67 bits per heavy atom. The molecule has 27 heavy (non-hydrogen) atoms. The van der Waals surface area contributed by atoms with Gasteiger partial charge >= 0.3 is 0 Å². The number of allylic oxidation sites excluding steroid dienone is 2. The lowest BCUT2D eigenvalue weighted by molar-refractivity contribution is -0.120. The van der Waals surface area contributed by atoms with E-state index >= 15 is 0 Å². The average molecular weight is 367 g/mol. The molecule has 0 fully saturated rings. The smallest absolute Gasteiger partial charge is 0.232 e. The Kier molecular flexibility index (Phi) is 4.48. The molecular weight excluding hydrogens is 346 g/mol. The predicted octanol–water partition coefficient (Wildman–Crippen LogP) is 3.82. The zero-order valence-electron chi connectivity index (χ0n) is 15.4. The van der Waals surface area contributed by atoms with Crippen LogP contribution in [0.15, 0.2) is 52.3 Å². The van der Waals surface area contributed by atoms with Gasteiger partial charge in [0.05, 0.1) is 32.1 Å². The lowest BCUT2D eigenvalue weighted by Gasteiger charge is -2.38. The summed E-state index contributed by atoms with van der Waals surface area (Å²) in [5, 5.41) is 0. The fourth-order valence-corrected chi connectivity index (χ4v) is 3.97. The third kappa shape index (κ3) is 2.91. The number of carbonyl (C=O) groups is 2. The van der Waals surface area contributed by atoms with Crippen molar-refractivity contribution in [2.75, 3.05) is 19.1 Å². The van der Waals surface area contributed by atoms with E-state index in [1.54, 1.807) is 49.6 Å². The molecule has 1 aliphatic carbocycles. The molecule has 1 unspecified atom stereocenters. The van der Waals surface area contributed by atoms with Gasteiger partial charge in [0, 0.05) is 30.2 Å². The minimum atomic E-state index is -0.323. The molecule has 0 spiro atoms. The highest BCUT2D eigenvalue weighted by Crippen LogP contribution is 2.45. The van der Waals surface area contributed by atoms with Gasteiger partial charge in [0.1, 0.15) is 17.3 Å². The summed E-state index contributed by atoms with van der Waals surface area (Å²) in [4.78, 5) is 27.6. The molecule has 6 heteroatoms. The lowest BCUT2D eigenvalue weighted by atomic mass is 9.79. The molecule has 1 aromatic heterocycles. The molecule has 0 saturated heterocycles. The summed E-state index contributed by atoms with van der Waals surface area (Å²) in [5.74, 6) is 1.52. The van der Waals surface area contributed by atoms with Gasteiger partial charge < -0.3 is 13.9 Å². The maximum Gasteiger partial charge on any atom is 0.232 e. The van der Waals surface area contributed by atoms with Crippen LogP contribution in [0.4, 0.5) is 5.69 Å². The molecule has 1 atom stereocenters. The van der Waals surface area contributed by atoms with Crippen LogP contribution in [-0.4, -0.2) is 25.9 Å². The third-order valence-electron chi connectivity index (χ3n) is 5.19. The minimum Gasteiger partial charge on any atom is -0.497 e. The summed E-state index contributed by atoms with van der Waals surface area (Å²) >= 11 is 0. The number of methoxy groups -OCH3 is 2. The molecule has 0 radical (unpaired) electrons. The Balaban J connectivity index is 1.87. The Morgan fingerprint density at radius 2 is 1.96 bits per heavy atom. The second-order valence-corrected chi connectivity index (χ2v) is 6.68. The molecular formula is C21H21NO5. The first-order valence-corrected chi connectivity index (χ1v) is 8.98. The molecule has 4 rings (SSSR count). The number of ether oxygens (including phenoxy) is 2. The summed E-state index contributed by atoms with van der Waals surface area (Å²) in [6, 6.07) is 8.94. The molecule has 1 aliphatic heterocycles. The van der Waals surface area contributed by atoms with E-state index in [2.05, 4.69) is 0 Å². The summed E-state index contributed by atoms with van der Waals surface area (Å²) in [5.41, 5.74) is 2.07. The number of furan rings is 1. The number of Topliss-reactive ketones (excluding diaryl/α,β-unsaturated/α-hetero) is 1. The Hall–Kier alpha value is -3.02. The number of hydrogen-bond acceptors (Lipinski definition) is 5. The van der Waals surface area contributed by atoms with Gasteiger partial charge in [0.25, 0.3) is 0 Å². The van der Waals surface area contributed by atoms with Crippen LogP contribution in [0.1, 0.15) is 37.4 Å². The van der Waals surface area contributed by atoms with Crippen molar-refractivity contribution in [2.24, 2.45) is 0 Å². The van der Waals surface area contributed by atoms with Crippen molar-refractivity contribution < 1.29 is 23.5 Å². The molecule has 0 saturated carbocycles. The van der Waals surface area contributed by atoms with Gasteiger partial charge in [-0.15, -0.1) is 0 Å². The zero-order chi connectivity index (χ0) is 19.0. The largest absolute Gasteiger partial charge is 0.497 e. The van der Waals surface area contributed by atoms with Gasteiger partial charge in [-0.2, -0.15) is 0 Å². The summed E-state index contributed by atoms with van der Waals surface area (Å²) in [6.07, 6.45) is 3.65. The third-order valence-corrected chi connectivity index (χ3v) is 5.19. The Labute approximate surface area is 157 Å². The highest BCUT2D eigenvalue weighted by Gasteiger charge is 2.41. The summed E-state index contributed by atoms with van der Waals surface area (Å²) in [6.45, 7) is 0. The van der Waals surface area contributed by atoms with Crippen LogP contribution in [0.25, 0.3) is 0 Å². The number of carbonyl (C=O) groups excluding carboxylic acids is 2. The molecule has 140 valence electrons. The van der Waals surface area contributed by atoms with E-state index in [0.29, 0.717) is 41.4 Å². The first-order valence-electron chi connectivity index (χ1n) is 8.98. The highest BCUT2D eigenvalue weighted by molar-refractivity contribution is 6.08. The van der Waals surface area contributed by atoms with Crippen molar-refractivity contribution in [1.82, 2.24) is 0 Å². The van der Waals surface area contributed by atoms with Crippen LogP contribution < -0.4 is 14.4 Å². The summed E-state index contributed by atoms with van der Waals surface area (Å²) < 4.78 is 16.3. The number of rotatable bonds is 4. The fourth-order valence-electron chi connectivity index (χ4n) is 3.97. The van der Waals surface area contributed by atoms with Crippen LogP contribution in [0, 0.1) is 0 Å². The number of hydrogen-bond donors (Lipinski definition) is 0. The van der Waals surface area contributed by atoms with E-state index in [1.165, 1.54) is 0 Å². The Morgan fingerprint density at radius 1 is 1.11 bits per heavy atom. The normalized spacial score (nSPS) is 19.9. The van der Waals surface area contributed by atoms with Gasteiger partial charge in [-0.1, -0.05) is 0 Å². The number of ketones is 1. The van der Waals surface area contributed by atoms with Gasteiger partial charge in [0.15, 0.2) is 5.78 Å². The standard InChI is InChI=1S/C21H21NO5/c1-25-13-8-9-15(19(11-13)26-2)22-16-5-3-6-17(23)21(16)14(12-20(22)24)18-7-4-10-27-18/h4,7-11,14H,3,5-6,12H2,1-2H3. The summed E-state index contributed by atoms with van der Waals surface area (Å²) in [7, 11) is 3.13. The topological polar surface area (TPSA) is 69.0 Å². The van der Waals surface area contributed by atoms with Crippen LogP contribution in [0.3, 0.4) is 0 Å². The monoisotopic (exact) mass is 367 g/mol. The van der Waals surface area contributed by atoms with Gasteiger partial charge in [-0.05, 0) is 37.1 Å². The van der Waals surface area contributed by atoms with Gasteiger partial charge in [-0.25, -0.2) is 0 Å². The van der Waals surface area contributed by atoms with Crippen molar-refractivity contribution in [3.8, 4) is 11.5 Å². The van der Waals surface area contributed by atoms with E-state index in [0.717, 1.165) is 12.1 Å². The number of anilines is 1. The van der Waals surface area contributed by atoms with E-state index in [-0.39, 0.29) is 24.0 Å². The van der Waals surface area contributed by atoms with Gasteiger partial charge in [0.2, 0.25) is 5.91 Å². The van der Waals surface area contributed by atoms with Crippen molar-refractivity contribution in [3.63, 3.8) is 0 Å². The molecule has 2 heterocycles. The fraction of sp³-hybridized carbons (Fsp3) is 0.333. The molecule has 1 aromatic carbocycles. The average Bonchev–Trinajstić information content (AvgIpc) is 3.22. The number of nitrogens with zero attached hydrogens (tertiary/aromatic N) is 1. The molecule has 1 amide bonds. The van der Waals surface area contributed by atoms with E-state index in [1.807, 2.05) is 6.07 Å². The minimum absolute atomic E-state index is 0.0756. The molecule has 0 bridgehead atoms. The quantitative estimate of drug-likeness (QED) is 0.822. The molecule has 0 N–H and O–H groups in total. The van der Waals surface area contributed by atoms with Crippen LogP contribution >= 0.6 is 0 Å². The lowest BCUT2D eigenvalue weighted by Crippen LogP contribution is -2.40. The SMILES string of the molecule is COc1ccc(N2C(=O)CC(c3ccco3)C3=C2CCCC3=O)c(OC)c1. The molecule has 6 nitrogen and oxygen atoms in total. The first-order chi connectivity index (χ1) is 13.1. The van der Waals surface area contributed by atoms with Crippen LogP contribution in [-0.2, 0) is 9.59 Å². The van der Waals surface area contributed by atoms with Crippen molar-refractivity contribution in [1.29, 1.82) is 0 Å². The van der Waals surface area contributed by atoms with E-state index in [4.69, 9.17) is 13.9 Å². The highest BCUT2D eigenvalue weighted by atomic mass is 16.5. The van der Waals surface area contributed by atoms with Crippen molar-refractivity contribution in [3.05, 3.63) is 53.6 Å². The molecule has 2 aliphatic rings. The van der Waals surface area contributed by atoms with Crippen LogP contribution in [0.5, 0.6) is 11.5 Å². The van der Waals surface area contributed by atoms with E-state index < -0.39 is 0 Å². The van der Waals surface area contributed by atoms with Crippen molar-refractivity contribution >= 4 is 17.4 Å². The maximum atomic E-state index is 13.1. The van der Waals surface area contributed by atoms with Crippen molar-refractivity contribution in [2.45, 2.75) is 31.6 Å². The second-order valence-electron chi connectivity index (χ2n) is 6.68. The first kappa shape index (κ1) is 17.4. The number of amides is 1. The van der Waals surface area contributed by atoms with Gasteiger partial charge in [-0.3, -0.25) is 14.5 Å². The van der Waals surface area contributed by atoms with E-state index in [9.17, 15) is 9.59 Å².